The number of aliphatic hydroxyl groups excluding tert-OH is 1. The van der Waals surface area contributed by atoms with E-state index in [4.69, 9.17) is 5.11 Å². The van der Waals surface area contributed by atoms with Crippen molar-refractivity contribution in [2.75, 3.05) is 32.8 Å². The summed E-state index contributed by atoms with van der Waals surface area (Å²) in [5.74, 6) is 1.66. The van der Waals surface area contributed by atoms with E-state index in [2.05, 4.69) is 17.1 Å². The minimum absolute atomic E-state index is 0.350. The topological polar surface area (TPSA) is 35.5 Å². The number of piperidine rings is 1. The van der Waals surface area contributed by atoms with Crippen molar-refractivity contribution >= 4 is 0 Å². The van der Waals surface area contributed by atoms with Gasteiger partial charge in [-0.1, -0.05) is 13.3 Å². The third kappa shape index (κ3) is 4.22. The largest absolute Gasteiger partial charge is 0.396 e. The van der Waals surface area contributed by atoms with E-state index in [-0.39, 0.29) is 0 Å². The molecule has 2 unspecified atom stereocenters. The molecular weight excluding hydrogens is 224 g/mol. The summed E-state index contributed by atoms with van der Waals surface area (Å²) in [6, 6.07) is 0.648. The fourth-order valence-electron chi connectivity index (χ4n) is 3.38. The van der Waals surface area contributed by atoms with Crippen LogP contribution in [0.5, 0.6) is 0 Å². The predicted molar refractivity (Wildman–Crippen MR) is 75.7 cm³/mol. The summed E-state index contributed by atoms with van der Waals surface area (Å²) >= 11 is 0. The molecule has 1 aliphatic heterocycles. The molecule has 2 fully saturated rings. The molecule has 0 bridgehead atoms. The van der Waals surface area contributed by atoms with E-state index < -0.39 is 0 Å². The second-order valence-corrected chi connectivity index (χ2v) is 6.28. The van der Waals surface area contributed by atoms with Crippen molar-refractivity contribution in [3.05, 3.63) is 0 Å². The molecule has 1 aliphatic carbocycles. The number of likely N-dealkylation sites (tertiary alicyclic amines) is 1. The van der Waals surface area contributed by atoms with Crippen LogP contribution >= 0.6 is 0 Å². The Bertz CT molecular complexity index is 231. The van der Waals surface area contributed by atoms with Gasteiger partial charge in [0, 0.05) is 32.3 Å². The molecule has 2 atom stereocenters. The summed E-state index contributed by atoms with van der Waals surface area (Å²) in [5.41, 5.74) is 0. The molecule has 106 valence electrons. The number of hydrogen-bond donors (Lipinski definition) is 2. The fourth-order valence-corrected chi connectivity index (χ4v) is 3.38. The van der Waals surface area contributed by atoms with Gasteiger partial charge in [-0.05, 0) is 50.5 Å². The normalized spacial score (nSPS) is 30.3. The molecule has 2 aliphatic rings. The lowest BCUT2D eigenvalue weighted by atomic mass is 9.83. The molecule has 0 amide bonds. The highest BCUT2D eigenvalue weighted by atomic mass is 16.3. The van der Waals surface area contributed by atoms with Gasteiger partial charge in [0.25, 0.3) is 0 Å². The first-order valence-corrected chi connectivity index (χ1v) is 7.88. The van der Waals surface area contributed by atoms with Gasteiger partial charge in [-0.25, -0.2) is 0 Å². The zero-order valence-electron chi connectivity index (χ0n) is 11.9. The summed E-state index contributed by atoms with van der Waals surface area (Å²) in [6.07, 6.45) is 7.76. The van der Waals surface area contributed by atoms with Crippen molar-refractivity contribution in [2.45, 2.75) is 51.5 Å². The van der Waals surface area contributed by atoms with Gasteiger partial charge in [0.1, 0.15) is 0 Å². The van der Waals surface area contributed by atoms with Gasteiger partial charge >= 0.3 is 0 Å². The summed E-state index contributed by atoms with van der Waals surface area (Å²) < 4.78 is 0. The van der Waals surface area contributed by atoms with Gasteiger partial charge < -0.3 is 15.3 Å². The van der Waals surface area contributed by atoms with Crippen molar-refractivity contribution in [2.24, 2.45) is 11.8 Å². The summed E-state index contributed by atoms with van der Waals surface area (Å²) in [7, 11) is 0. The number of hydrogen-bond acceptors (Lipinski definition) is 3. The van der Waals surface area contributed by atoms with Crippen LogP contribution in [0.15, 0.2) is 0 Å². The molecule has 0 aromatic rings. The third-order valence-electron chi connectivity index (χ3n) is 4.57. The third-order valence-corrected chi connectivity index (χ3v) is 4.57. The van der Waals surface area contributed by atoms with E-state index in [1.165, 1.54) is 51.7 Å². The van der Waals surface area contributed by atoms with Crippen LogP contribution in [0.3, 0.4) is 0 Å². The lowest BCUT2D eigenvalue weighted by molar-refractivity contribution is 0.0903. The lowest BCUT2D eigenvalue weighted by Gasteiger charge is -2.41. The number of nitrogens with zero attached hydrogens (tertiary/aromatic N) is 1. The van der Waals surface area contributed by atoms with E-state index in [0.717, 1.165) is 18.9 Å². The zero-order chi connectivity index (χ0) is 12.8. The number of aliphatic hydroxyl groups is 1. The average molecular weight is 254 g/mol. The maximum Gasteiger partial charge on any atom is 0.0434 e. The zero-order valence-corrected chi connectivity index (χ0v) is 11.9. The first-order chi connectivity index (χ1) is 8.81. The van der Waals surface area contributed by atoms with Crippen molar-refractivity contribution in [1.82, 2.24) is 10.2 Å². The van der Waals surface area contributed by atoms with Gasteiger partial charge in [0.2, 0.25) is 0 Å². The average Bonchev–Trinajstić information content (AvgIpc) is 2.32. The Kier molecular flexibility index (Phi) is 5.93. The monoisotopic (exact) mass is 254 g/mol. The Labute approximate surface area is 112 Å². The Balaban J connectivity index is 1.79. The molecule has 0 radical (unpaired) electrons. The van der Waals surface area contributed by atoms with Crippen LogP contribution in [-0.2, 0) is 0 Å². The highest BCUT2D eigenvalue weighted by Crippen LogP contribution is 2.29. The first kappa shape index (κ1) is 14.3. The van der Waals surface area contributed by atoms with Crippen LogP contribution in [0.1, 0.15) is 45.4 Å². The van der Waals surface area contributed by atoms with E-state index in [1.807, 2.05) is 0 Å². The van der Waals surface area contributed by atoms with Crippen LogP contribution in [0, 0.1) is 11.8 Å². The minimum Gasteiger partial charge on any atom is -0.396 e. The predicted octanol–water partition coefficient (Wildman–Crippen LogP) is 1.86. The number of nitrogens with one attached hydrogen (secondary N) is 1. The maximum atomic E-state index is 9.17. The smallest absolute Gasteiger partial charge is 0.0434 e. The Morgan fingerprint density at radius 3 is 2.67 bits per heavy atom. The van der Waals surface area contributed by atoms with Crippen LogP contribution in [0.2, 0.25) is 0 Å². The standard InChI is InChI=1S/C15H30N2O/c1-2-7-16-15-9-14(6-8-18)11-17(12-15)10-13-4-3-5-13/h13-16,18H,2-12H2,1H3. The molecule has 1 saturated heterocycles. The Hall–Kier alpha value is -0.120. The Morgan fingerprint density at radius 1 is 1.22 bits per heavy atom. The molecule has 2 N–H and O–H groups in total. The molecule has 0 aromatic carbocycles. The summed E-state index contributed by atoms with van der Waals surface area (Å²) in [4.78, 5) is 2.65. The van der Waals surface area contributed by atoms with Gasteiger partial charge in [-0.2, -0.15) is 0 Å². The molecule has 1 saturated carbocycles. The first-order valence-electron chi connectivity index (χ1n) is 7.88. The minimum atomic E-state index is 0.350. The van der Waals surface area contributed by atoms with Crippen LogP contribution in [-0.4, -0.2) is 48.8 Å². The molecule has 3 heteroatoms. The molecule has 0 spiro atoms. The van der Waals surface area contributed by atoms with Gasteiger partial charge in [0.05, 0.1) is 0 Å². The summed E-state index contributed by atoms with van der Waals surface area (Å²) in [6.45, 7) is 7.44. The van der Waals surface area contributed by atoms with E-state index in [0.29, 0.717) is 18.6 Å². The van der Waals surface area contributed by atoms with Crippen LogP contribution < -0.4 is 5.32 Å². The molecule has 3 nitrogen and oxygen atoms in total. The highest BCUT2D eigenvalue weighted by Gasteiger charge is 2.29. The maximum absolute atomic E-state index is 9.17. The lowest BCUT2D eigenvalue weighted by Crippen LogP contribution is -2.51. The van der Waals surface area contributed by atoms with Gasteiger partial charge in [-0.15, -0.1) is 0 Å². The van der Waals surface area contributed by atoms with Crippen LogP contribution in [0.25, 0.3) is 0 Å². The Morgan fingerprint density at radius 2 is 2.06 bits per heavy atom. The second-order valence-electron chi connectivity index (χ2n) is 6.28. The fraction of sp³-hybridized carbons (Fsp3) is 1.00. The highest BCUT2D eigenvalue weighted by molar-refractivity contribution is 4.85. The molecular formula is C15H30N2O. The van der Waals surface area contributed by atoms with E-state index >= 15 is 0 Å². The van der Waals surface area contributed by atoms with Crippen molar-refractivity contribution in [1.29, 1.82) is 0 Å². The molecule has 1 heterocycles. The van der Waals surface area contributed by atoms with Crippen molar-refractivity contribution < 1.29 is 5.11 Å². The van der Waals surface area contributed by atoms with Crippen molar-refractivity contribution in [3.8, 4) is 0 Å². The van der Waals surface area contributed by atoms with E-state index in [1.54, 1.807) is 0 Å². The molecule has 18 heavy (non-hydrogen) atoms. The molecule has 0 aromatic heterocycles. The second kappa shape index (κ2) is 7.46. The number of rotatable bonds is 7. The van der Waals surface area contributed by atoms with Crippen molar-refractivity contribution in [3.63, 3.8) is 0 Å². The quantitative estimate of drug-likeness (QED) is 0.728. The van der Waals surface area contributed by atoms with E-state index in [9.17, 15) is 0 Å². The molecule has 2 rings (SSSR count). The van der Waals surface area contributed by atoms with Crippen LogP contribution in [0.4, 0.5) is 0 Å². The summed E-state index contributed by atoms with van der Waals surface area (Å²) in [5, 5.41) is 12.8. The van der Waals surface area contributed by atoms with Gasteiger partial charge in [-0.3, -0.25) is 0 Å². The van der Waals surface area contributed by atoms with Gasteiger partial charge in [0.15, 0.2) is 0 Å². The SMILES string of the molecule is CCCNC1CC(CCO)CN(CC2CCC2)C1.